The molecule has 16 heavy (non-hydrogen) atoms. The van der Waals surface area contributed by atoms with E-state index in [1.165, 1.54) is 0 Å². The molecule has 0 heterocycles. The van der Waals surface area contributed by atoms with Crippen LogP contribution in [-0.4, -0.2) is 17.4 Å². The second kappa shape index (κ2) is 4.42. The first-order valence-corrected chi connectivity index (χ1v) is 4.89. The Morgan fingerprint density at radius 3 is 2.44 bits per heavy atom. The summed E-state index contributed by atoms with van der Waals surface area (Å²) in [5.41, 5.74) is 3.58. The van der Waals surface area contributed by atoms with Gasteiger partial charge in [-0.25, -0.2) is 0 Å². The van der Waals surface area contributed by atoms with E-state index in [0.717, 1.165) is 6.07 Å². The maximum absolute atomic E-state index is 12.5. The highest BCUT2D eigenvalue weighted by Crippen LogP contribution is 2.40. The third kappa shape index (κ3) is 2.53. The molecule has 0 aliphatic carbocycles. The van der Waals surface area contributed by atoms with Crippen molar-refractivity contribution >= 4 is 21.7 Å². The number of halogens is 4. The van der Waals surface area contributed by atoms with Crippen molar-refractivity contribution in [3.05, 3.63) is 27.7 Å². The molecule has 0 unspecified atom stereocenters. The first-order valence-electron chi connectivity index (χ1n) is 4.10. The highest BCUT2D eigenvalue weighted by molar-refractivity contribution is 9.10. The Balaban J connectivity index is 3.39. The Bertz CT molecular complexity index is 431. The fourth-order valence-electron chi connectivity index (χ4n) is 1.09. The number of carbonyl (C=O) groups is 1. The average Bonchev–Trinajstić information content (AvgIpc) is 2.18. The molecular formula is C9H7BrF3NO2. The van der Waals surface area contributed by atoms with Crippen molar-refractivity contribution in [2.45, 2.75) is 6.18 Å². The van der Waals surface area contributed by atoms with Gasteiger partial charge in [-0.15, -0.1) is 0 Å². The Hall–Kier alpha value is -1.08. The number of benzene rings is 1. The van der Waals surface area contributed by atoms with Gasteiger partial charge in [0.25, 0.3) is 0 Å². The van der Waals surface area contributed by atoms with Crippen molar-refractivity contribution in [3.63, 3.8) is 0 Å². The molecule has 88 valence electrons. The normalized spacial score (nSPS) is 11.6. The summed E-state index contributed by atoms with van der Waals surface area (Å²) in [5, 5.41) is 9.20. The summed E-state index contributed by atoms with van der Waals surface area (Å²) in [6.45, 7) is -0.394. The quantitative estimate of drug-likeness (QED) is 0.824. The molecule has 0 saturated carbocycles. The Labute approximate surface area is 97.2 Å². The van der Waals surface area contributed by atoms with E-state index >= 15 is 0 Å². The molecule has 1 aromatic rings. The molecule has 0 aromatic heterocycles. The molecule has 3 N–H and O–H groups in total. The molecule has 0 atom stereocenters. The number of alkyl halides is 3. The van der Waals surface area contributed by atoms with Crippen LogP contribution in [0.1, 0.15) is 15.9 Å². The Morgan fingerprint density at radius 2 is 2.00 bits per heavy atom. The summed E-state index contributed by atoms with van der Waals surface area (Å²) in [5.74, 6) is -1.58. The summed E-state index contributed by atoms with van der Waals surface area (Å²) in [6.07, 6.45) is -4.72. The minimum atomic E-state index is -4.72. The number of Topliss-reactive ketones (excluding diaryl/α,β-unsaturated/α-hetero) is 1. The number of phenols is 1. The minimum absolute atomic E-state index is 0.195. The predicted octanol–water partition coefficient (Wildman–Crippen LogP) is 2.31. The zero-order valence-corrected chi connectivity index (χ0v) is 9.39. The van der Waals surface area contributed by atoms with Crippen LogP contribution in [0.25, 0.3) is 0 Å². The summed E-state index contributed by atoms with van der Waals surface area (Å²) < 4.78 is 37.2. The van der Waals surface area contributed by atoms with Gasteiger partial charge in [0.05, 0.1) is 16.6 Å². The average molecular weight is 298 g/mol. The van der Waals surface area contributed by atoms with Crippen LogP contribution in [0.15, 0.2) is 16.6 Å². The maximum atomic E-state index is 12.5. The number of carbonyl (C=O) groups excluding carboxylic acids is 1. The van der Waals surface area contributed by atoms with Crippen molar-refractivity contribution in [3.8, 4) is 5.75 Å². The first kappa shape index (κ1) is 13.0. The molecule has 0 spiro atoms. The summed E-state index contributed by atoms with van der Waals surface area (Å²) in [7, 11) is 0. The lowest BCUT2D eigenvalue weighted by atomic mass is 10.1. The topological polar surface area (TPSA) is 63.3 Å². The summed E-state index contributed by atoms with van der Waals surface area (Å²) >= 11 is 2.74. The van der Waals surface area contributed by atoms with Gasteiger partial charge in [-0.1, -0.05) is 0 Å². The van der Waals surface area contributed by atoms with Crippen molar-refractivity contribution in [2.24, 2.45) is 5.73 Å². The molecule has 1 aromatic carbocycles. The number of nitrogens with two attached hydrogens (primary N) is 1. The molecular weight excluding hydrogens is 291 g/mol. The number of hydrogen-bond donors (Lipinski definition) is 2. The van der Waals surface area contributed by atoms with Gasteiger partial charge in [-0.3, -0.25) is 4.79 Å². The Morgan fingerprint density at radius 1 is 1.44 bits per heavy atom. The molecule has 0 fully saturated rings. The van der Waals surface area contributed by atoms with Crippen molar-refractivity contribution in [1.82, 2.24) is 0 Å². The zero-order chi connectivity index (χ0) is 12.5. The minimum Gasteiger partial charge on any atom is -0.506 e. The van der Waals surface area contributed by atoms with Crippen LogP contribution >= 0.6 is 15.9 Å². The maximum Gasteiger partial charge on any atom is 0.420 e. The predicted molar refractivity (Wildman–Crippen MR) is 54.2 cm³/mol. The molecule has 0 amide bonds. The van der Waals surface area contributed by atoms with Gasteiger partial charge >= 0.3 is 6.18 Å². The lowest BCUT2D eigenvalue weighted by molar-refractivity contribution is -0.138. The van der Waals surface area contributed by atoms with E-state index in [1.807, 2.05) is 0 Å². The van der Waals surface area contributed by atoms with E-state index in [4.69, 9.17) is 5.73 Å². The first-order chi connectivity index (χ1) is 7.27. The molecule has 1 rings (SSSR count). The zero-order valence-electron chi connectivity index (χ0n) is 7.81. The van der Waals surface area contributed by atoms with E-state index in [9.17, 15) is 23.1 Å². The van der Waals surface area contributed by atoms with Crippen LogP contribution in [0.4, 0.5) is 13.2 Å². The monoisotopic (exact) mass is 297 g/mol. The van der Waals surface area contributed by atoms with Crippen molar-refractivity contribution in [1.29, 1.82) is 0 Å². The lowest BCUT2D eigenvalue weighted by Gasteiger charge is -2.11. The van der Waals surface area contributed by atoms with Gasteiger partial charge in [0, 0.05) is 5.56 Å². The van der Waals surface area contributed by atoms with Crippen LogP contribution in [-0.2, 0) is 6.18 Å². The van der Waals surface area contributed by atoms with E-state index in [-0.39, 0.29) is 10.0 Å². The molecule has 0 saturated heterocycles. The van der Waals surface area contributed by atoms with Crippen LogP contribution in [0, 0.1) is 0 Å². The van der Waals surface area contributed by atoms with E-state index < -0.39 is 29.8 Å². The van der Waals surface area contributed by atoms with Gasteiger partial charge in [0.15, 0.2) is 5.78 Å². The fourth-order valence-corrected chi connectivity index (χ4v) is 1.55. The third-order valence-electron chi connectivity index (χ3n) is 1.88. The number of rotatable bonds is 2. The number of ketones is 1. The van der Waals surface area contributed by atoms with Gasteiger partial charge in [0.1, 0.15) is 5.75 Å². The van der Waals surface area contributed by atoms with Crippen LogP contribution in [0.2, 0.25) is 0 Å². The smallest absolute Gasteiger partial charge is 0.420 e. The van der Waals surface area contributed by atoms with Gasteiger partial charge in [-0.2, -0.15) is 13.2 Å². The van der Waals surface area contributed by atoms with Gasteiger partial charge < -0.3 is 10.8 Å². The van der Waals surface area contributed by atoms with Crippen molar-refractivity contribution in [2.75, 3.05) is 6.54 Å². The van der Waals surface area contributed by atoms with Gasteiger partial charge in [-0.05, 0) is 28.1 Å². The highest BCUT2D eigenvalue weighted by Gasteiger charge is 2.35. The third-order valence-corrected chi connectivity index (χ3v) is 2.48. The molecule has 0 aliphatic heterocycles. The second-order valence-electron chi connectivity index (χ2n) is 2.98. The molecule has 0 bridgehead atoms. The number of phenolic OH excluding ortho intramolecular Hbond substituents is 1. The highest BCUT2D eigenvalue weighted by atomic mass is 79.9. The van der Waals surface area contributed by atoms with E-state index in [0.29, 0.717) is 6.07 Å². The number of hydrogen-bond acceptors (Lipinski definition) is 3. The fraction of sp³-hybridized carbons (Fsp3) is 0.222. The second-order valence-corrected chi connectivity index (χ2v) is 3.83. The lowest BCUT2D eigenvalue weighted by Crippen LogP contribution is -2.15. The van der Waals surface area contributed by atoms with Crippen LogP contribution < -0.4 is 5.73 Å². The Kier molecular flexibility index (Phi) is 3.59. The summed E-state index contributed by atoms with van der Waals surface area (Å²) in [4.78, 5) is 11.2. The van der Waals surface area contributed by atoms with E-state index in [2.05, 4.69) is 15.9 Å². The van der Waals surface area contributed by atoms with Crippen LogP contribution in [0.5, 0.6) is 5.75 Å². The molecule has 0 radical (unpaired) electrons. The van der Waals surface area contributed by atoms with Crippen molar-refractivity contribution < 1.29 is 23.1 Å². The summed E-state index contributed by atoms with van der Waals surface area (Å²) in [6, 6.07) is 1.68. The molecule has 7 heteroatoms. The largest absolute Gasteiger partial charge is 0.506 e. The standard InChI is InChI=1S/C9H7BrF3NO2/c10-6-2-4(7(15)3-14)1-5(8(6)16)9(11,12)13/h1-2,16H,3,14H2. The number of aromatic hydroxyl groups is 1. The van der Waals surface area contributed by atoms with Crippen LogP contribution in [0.3, 0.4) is 0 Å². The molecule has 0 aliphatic rings. The molecule has 3 nitrogen and oxygen atoms in total. The SMILES string of the molecule is NCC(=O)c1cc(Br)c(O)c(C(F)(F)F)c1. The van der Waals surface area contributed by atoms with E-state index in [1.54, 1.807) is 0 Å². The van der Waals surface area contributed by atoms with Gasteiger partial charge in [0.2, 0.25) is 0 Å².